The van der Waals surface area contributed by atoms with E-state index in [4.69, 9.17) is 0 Å². The van der Waals surface area contributed by atoms with Crippen molar-refractivity contribution in [3.8, 4) is 0 Å². The van der Waals surface area contributed by atoms with Crippen LogP contribution in [0.15, 0.2) is 48.5 Å². The van der Waals surface area contributed by atoms with Gasteiger partial charge in [-0.2, -0.15) is 0 Å². The van der Waals surface area contributed by atoms with Gasteiger partial charge in [-0.25, -0.2) is 0 Å². The first kappa shape index (κ1) is 18.2. The Kier molecular flexibility index (Phi) is 4.81. The molecule has 142 valence electrons. The lowest BCUT2D eigenvalue weighted by Gasteiger charge is -2.48. The van der Waals surface area contributed by atoms with Crippen LogP contribution in [0.4, 0.5) is 0 Å². The van der Waals surface area contributed by atoms with Crippen LogP contribution in [0.25, 0.3) is 0 Å². The third kappa shape index (κ3) is 3.29. The fourth-order valence-electron chi connectivity index (χ4n) is 5.07. The lowest BCUT2D eigenvalue weighted by atomic mass is 9.67. The second-order valence-electron chi connectivity index (χ2n) is 8.52. The quantitative estimate of drug-likeness (QED) is 0.847. The van der Waals surface area contributed by atoms with Crippen molar-refractivity contribution in [1.82, 2.24) is 4.90 Å². The van der Waals surface area contributed by atoms with Gasteiger partial charge in [0.2, 0.25) is 0 Å². The summed E-state index contributed by atoms with van der Waals surface area (Å²) in [5.74, 6) is 0.0281. The molecule has 3 fully saturated rings. The van der Waals surface area contributed by atoms with E-state index in [2.05, 4.69) is 4.90 Å². The van der Waals surface area contributed by atoms with Crippen LogP contribution in [0, 0.1) is 19.8 Å². The Hall–Kier alpha value is -2.13. The number of fused-ring (bicyclic) bond motifs is 3. The Labute approximate surface area is 162 Å². The van der Waals surface area contributed by atoms with Gasteiger partial charge in [0.1, 0.15) is 5.41 Å². The second-order valence-corrected chi connectivity index (χ2v) is 8.52. The average molecular weight is 364 g/mol. The number of carbonyl (C=O) groups is 1. The van der Waals surface area contributed by atoms with Gasteiger partial charge in [0, 0.05) is 6.04 Å². The smallest absolute Gasteiger partial charge is 0.318 e. The summed E-state index contributed by atoms with van der Waals surface area (Å²) >= 11 is 0. The van der Waals surface area contributed by atoms with Crippen LogP contribution in [-0.2, 0) is 10.2 Å². The molecule has 2 bridgehead atoms. The maximum Gasteiger partial charge on any atom is 0.318 e. The molecule has 0 aromatic heterocycles. The zero-order valence-electron chi connectivity index (χ0n) is 16.3. The van der Waals surface area contributed by atoms with Crippen LogP contribution in [0.3, 0.4) is 0 Å². The molecule has 3 aliphatic heterocycles. The highest BCUT2D eigenvalue weighted by molar-refractivity contribution is 5.86. The number of rotatable bonds is 5. The maximum atomic E-state index is 12.9. The summed E-state index contributed by atoms with van der Waals surface area (Å²) < 4.78 is 0. The number of aliphatic carboxylic acids is 1. The molecule has 5 rings (SSSR count). The van der Waals surface area contributed by atoms with Gasteiger partial charge in [-0.1, -0.05) is 59.7 Å². The summed E-state index contributed by atoms with van der Waals surface area (Å²) in [6.45, 7) is 6.33. The number of nitrogens with zero attached hydrogens (tertiary/aromatic N) is 1. The zero-order chi connectivity index (χ0) is 19.0. The minimum atomic E-state index is -0.996. The zero-order valence-corrected chi connectivity index (χ0v) is 16.3. The first-order valence-electron chi connectivity index (χ1n) is 10.1. The van der Waals surface area contributed by atoms with E-state index >= 15 is 0 Å². The van der Waals surface area contributed by atoms with E-state index in [1.54, 1.807) is 0 Å². The monoisotopic (exact) mass is 363 g/mol. The van der Waals surface area contributed by atoms with Crippen molar-refractivity contribution < 1.29 is 9.90 Å². The highest BCUT2D eigenvalue weighted by Gasteiger charge is 2.47. The predicted molar refractivity (Wildman–Crippen MR) is 108 cm³/mol. The van der Waals surface area contributed by atoms with Crippen LogP contribution in [0.5, 0.6) is 0 Å². The Morgan fingerprint density at radius 3 is 1.81 bits per heavy atom. The molecule has 0 radical (unpaired) electrons. The van der Waals surface area contributed by atoms with E-state index in [-0.39, 0.29) is 0 Å². The normalized spacial score (nSPS) is 24.7. The summed E-state index contributed by atoms with van der Waals surface area (Å²) in [6, 6.07) is 16.5. The first-order chi connectivity index (χ1) is 13.0. The molecule has 3 heteroatoms. The van der Waals surface area contributed by atoms with Crippen molar-refractivity contribution >= 4 is 5.97 Å². The fourth-order valence-corrected chi connectivity index (χ4v) is 5.07. The van der Waals surface area contributed by atoms with Crippen LogP contribution < -0.4 is 0 Å². The van der Waals surface area contributed by atoms with Crippen molar-refractivity contribution in [2.45, 2.75) is 51.0 Å². The van der Waals surface area contributed by atoms with Gasteiger partial charge in [0.25, 0.3) is 0 Å². The largest absolute Gasteiger partial charge is 0.480 e. The average Bonchev–Trinajstić information content (AvgIpc) is 2.68. The molecule has 1 atom stereocenters. The number of benzene rings is 2. The molecule has 2 aromatic rings. The third-order valence-electron chi connectivity index (χ3n) is 6.77. The Bertz CT molecular complexity index is 756. The van der Waals surface area contributed by atoms with Gasteiger partial charge in [-0.3, -0.25) is 4.79 Å². The summed E-state index contributed by atoms with van der Waals surface area (Å²) in [7, 11) is 0. The molecule has 3 heterocycles. The number of aryl methyl sites for hydroxylation is 2. The summed E-state index contributed by atoms with van der Waals surface area (Å²) in [6.07, 6.45) is 4.31. The molecule has 1 unspecified atom stereocenters. The number of carboxylic acids is 1. The SMILES string of the molecule is Cc1ccc(C(CC2CC3CCN2CC3)(C(=O)O)c2ccc(C)cc2)cc1. The van der Waals surface area contributed by atoms with Crippen LogP contribution in [-0.4, -0.2) is 35.1 Å². The number of carboxylic acid groups (broad SMARTS) is 1. The standard InChI is InChI=1S/C24H29NO2/c1-17-3-7-20(8-4-17)24(23(26)27,21-9-5-18(2)6-10-21)16-22-15-19-11-13-25(22)14-12-19/h3-10,19,22H,11-16H2,1-2H3,(H,26,27). The van der Waals surface area contributed by atoms with Crippen molar-refractivity contribution in [2.75, 3.05) is 13.1 Å². The molecule has 0 aliphatic carbocycles. The second kappa shape index (κ2) is 7.12. The third-order valence-corrected chi connectivity index (χ3v) is 6.77. The molecule has 3 nitrogen and oxygen atoms in total. The van der Waals surface area contributed by atoms with E-state index in [0.717, 1.165) is 47.7 Å². The molecular formula is C24H29NO2. The molecule has 0 amide bonds. The van der Waals surface area contributed by atoms with E-state index < -0.39 is 11.4 Å². The lowest BCUT2D eigenvalue weighted by molar-refractivity contribution is -0.143. The molecule has 0 spiro atoms. The van der Waals surface area contributed by atoms with E-state index in [9.17, 15) is 9.90 Å². The van der Waals surface area contributed by atoms with E-state index in [1.807, 2.05) is 62.4 Å². The lowest BCUT2D eigenvalue weighted by Crippen LogP contribution is -2.53. The summed E-state index contributed by atoms with van der Waals surface area (Å²) in [5, 5.41) is 10.6. The Morgan fingerprint density at radius 2 is 1.44 bits per heavy atom. The van der Waals surface area contributed by atoms with Crippen molar-refractivity contribution in [3.63, 3.8) is 0 Å². The first-order valence-corrected chi connectivity index (χ1v) is 10.1. The van der Waals surface area contributed by atoms with Crippen molar-refractivity contribution in [3.05, 3.63) is 70.8 Å². The predicted octanol–water partition coefficient (Wildman–Crippen LogP) is 4.55. The summed E-state index contributed by atoms with van der Waals surface area (Å²) in [4.78, 5) is 15.4. The van der Waals surface area contributed by atoms with Gasteiger partial charge < -0.3 is 10.0 Å². The number of hydrogen-bond donors (Lipinski definition) is 1. The molecule has 2 aromatic carbocycles. The molecule has 3 saturated heterocycles. The highest BCUT2D eigenvalue weighted by atomic mass is 16.4. The van der Waals surface area contributed by atoms with E-state index in [1.165, 1.54) is 12.8 Å². The van der Waals surface area contributed by atoms with Gasteiger partial charge in [0.15, 0.2) is 0 Å². The number of piperidine rings is 3. The van der Waals surface area contributed by atoms with Gasteiger partial charge in [-0.05, 0) is 69.7 Å². The highest BCUT2D eigenvalue weighted by Crippen LogP contribution is 2.43. The molecule has 27 heavy (non-hydrogen) atoms. The topological polar surface area (TPSA) is 40.5 Å². The Morgan fingerprint density at radius 1 is 0.963 bits per heavy atom. The van der Waals surface area contributed by atoms with Gasteiger partial charge >= 0.3 is 5.97 Å². The Balaban J connectivity index is 1.81. The summed E-state index contributed by atoms with van der Waals surface area (Å²) in [5.41, 5.74) is 3.10. The van der Waals surface area contributed by atoms with Crippen LogP contribution in [0.2, 0.25) is 0 Å². The molecule has 0 saturated carbocycles. The minimum Gasteiger partial charge on any atom is -0.480 e. The van der Waals surface area contributed by atoms with Crippen LogP contribution in [0.1, 0.15) is 47.9 Å². The minimum absolute atomic E-state index is 0.344. The van der Waals surface area contributed by atoms with Crippen LogP contribution >= 0.6 is 0 Å². The van der Waals surface area contributed by atoms with E-state index in [0.29, 0.717) is 12.5 Å². The molecule has 3 aliphatic rings. The van der Waals surface area contributed by atoms with Gasteiger partial charge in [0.05, 0.1) is 0 Å². The molecular weight excluding hydrogens is 334 g/mol. The molecule has 1 N–H and O–H groups in total. The maximum absolute atomic E-state index is 12.9. The fraction of sp³-hybridized carbons (Fsp3) is 0.458. The van der Waals surface area contributed by atoms with Crippen molar-refractivity contribution in [1.29, 1.82) is 0 Å². The number of hydrogen-bond acceptors (Lipinski definition) is 2. The van der Waals surface area contributed by atoms with Gasteiger partial charge in [-0.15, -0.1) is 0 Å². The van der Waals surface area contributed by atoms with Crippen molar-refractivity contribution in [2.24, 2.45) is 5.92 Å².